The lowest BCUT2D eigenvalue weighted by atomic mass is 10.0. The number of ether oxygens (including phenoxy) is 3. The number of amides is 1. The lowest BCUT2D eigenvalue weighted by molar-refractivity contribution is -0.355. The minimum atomic E-state index is -6.41. The number of rotatable bonds is 16. The van der Waals surface area contributed by atoms with Crippen LogP contribution in [-0.4, -0.2) is 72.5 Å². The predicted octanol–water partition coefficient (Wildman–Crippen LogP) is 7.53. The molecule has 2 aromatic carbocycles. The highest BCUT2D eigenvalue weighted by molar-refractivity contribution is 5.73. The molecule has 0 aliphatic carbocycles. The number of halogens is 7. The van der Waals surface area contributed by atoms with Gasteiger partial charge in [-0.25, -0.2) is 9.59 Å². The van der Waals surface area contributed by atoms with Gasteiger partial charge >= 0.3 is 30.1 Å². The Hall–Kier alpha value is -3.55. The third-order valence-corrected chi connectivity index (χ3v) is 6.85. The molecule has 0 heterocycles. The molecule has 0 aliphatic heterocycles. The molecule has 0 saturated carbocycles. The van der Waals surface area contributed by atoms with Gasteiger partial charge in [-0.2, -0.15) is 30.7 Å². The summed E-state index contributed by atoms with van der Waals surface area (Å²) >= 11 is 0. The number of nitrogens with zero attached hydrogens (tertiary/aromatic N) is 1. The highest BCUT2D eigenvalue weighted by atomic mass is 19.4. The van der Waals surface area contributed by atoms with Crippen molar-refractivity contribution in [3.8, 4) is 11.5 Å². The van der Waals surface area contributed by atoms with Crippen LogP contribution < -0.4 is 9.47 Å². The molecular formula is C30H36F7NO6. The molecule has 0 aliphatic rings. The number of benzene rings is 2. The number of alkyl halides is 7. The minimum absolute atomic E-state index is 0.112. The van der Waals surface area contributed by atoms with Crippen molar-refractivity contribution in [3.05, 3.63) is 58.7 Å². The summed E-state index contributed by atoms with van der Waals surface area (Å²) in [6.45, 7) is 6.75. The second kappa shape index (κ2) is 15.4. The molecule has 1 atom stereocenters. The van der Waals surface area contributed by atoms with Gasteiger partial charge in [-0.05, 0) is 81.0 Å². The molecule has 1 unspecified atom stereocenters. The third-order valence-electron chi connectivity index (χ3n) is 6.85. The summed E-state index contributed by atoms with van der Waals surface area (Å²) in [5.74, 6) is -12.0. The maximum absolute atomic E-state index is 13.7. The number of carbonyl (C=O) groups excluding carboxylic acids is 1. The summed E-state index contributed by atoms with van der Waals surface area (Å²) in [6.07, 6.45) is -11.0. The Kier molecular flexibility index (Phi) is 12.9. The van der Waals surface area contributed by atoms with Crippen molar-refractivity contribution in [2.75, 3.05) is 26.3 Å². The van der Waals surface area contributed by atoms with E-state index < -0.39 is 49.0 Å². The van der Waals surface area contributed by atoms with Gasteiger partial charge in [0.1, 0.15) is 18.1 Å². The molecule has 14 heteroatoms. The van der Waals surface area contributed by atoms with Gasteiger partial charge in [0.2, 0.25) is 0 Å². The second-order valence-corrected chi connectivity index (χ2v) is 10.3. The fraction of sp³-hybridized carbons (Fsp3) is 0.533. The fourth-order valence-corrected chi connectivity index (χ4v) is 4.14. The largest absolute Gasteiger partial charge is 0.492 e. The predicted molar refractivity (Wildman–Crippen MR) is 147 cm³/mol. The molecule has 0 saturated heterocycles. The van der Waals surface area contributed by atoms with Crippen molar-refractivity contribution in [2.24, 2.45) is 0 Å². The Bertz CT molecular complexity index is 1250. The van der Waals surface area contributed by atoms with Gasteiger partial charge in [-0.1, -0.05) is 18.2 Å². The molecule has 44 heavy (non-hydrogen) atoms. The number of carbonyl (C=O) groups is 2. The van der Waals surface area contributed by atoms with Crippen molar-refractivity contribution in [3.63, 3.8) is 0 Å². The molecule has 1 N–H and O–H groups in total. The van der Waals surface area contributed by atoms with Gasteiger partial charge in [0.05, 0.1) is 6.54 Å². The smallest absolute Gasteiger partial charge is 0.459 e. The first-order chi connectivity index (χ1) is 20.4. The quantitative estimate of drug-likeness (QED) is 0.151. The third kappa shape index (κ3) is 10.00. The van der Waals surface area contributed by atoms with Crippen LogP contribution in [0.3, 0.4) is 0 Å². The number of hydrogen-bond donors (Lipinski definition) is 1. The topological polar surface area (TPSA) is 85.3 Å². The first-order valence-corrected chi connectivity index (χ1v) is 13.8. The Morgan fingerprint density at radius 2 is 1.50 bits per heavy atom. The van der Waals surface area contributed by atoms with Crippen molar-refractivity contribution in [2.45, 2.75) is 77.5 Å². The molecule has 0 spiro atoms. The van der Waals surface area contributed by atoms with E-state index in [1.165, 1.54) is 0 Å². The maximum atomic E-state index is 13.7. The van der Waals surface area contributed by atoms with E-state index in [0.29, 0.717) is 16.9 Å². The van der Waals surface area contributed by atoms with E-state index in [-0.39, 0.29) is 44.9 Å². The van der Waals surface area contributed by atoms with E-state index in [2.05, 4.69) is 0 Å². The van der Waals surface area contributed by atoms with Crippen LogP contribution in [0.25, 0.3) is 0 Å². The molecular weight excluding hydrogens is 603 g/mol. The van der Waals surface area contributed by atoms with E-state index >= 15 is 0 Å². The number of hydrogen-bond acceptors (Lipinski definition) is 5. The molecule has 0 bridgehead atoms. The summed E-state index contributed by atoms with van der Waals surface area (Å²) in [4.78, 5) is 25.4. The monoisotopic (exact) mass is 639 g/mol. The van der Waals surface area contributed by atoms with Crippen LogP contribution in [0.15, 0.2) is 36.4 Å². The van der Waals surface area contributed by atoms with Gasteiger partial charge in [0.15, 0.2) is 6.10 Å². The number of unbranched alkanes of at least 4 members (excludes halogenated alkanes) is 1. The van der Waals surface area contributed by atoms with Gasteiger partial charge in [-0.3, -0.25) is 0 Å². The average Bonchev–Trinajstić information content (AvgIpc) is 2.92. The van der Waals surface area contributed by atoms with Crippen LogP contribution in [0.1, 0.15) is 48.4 Å². The summed E-state index contributed by atoms with van der Waals surface area (Å²) in [5, 5.41) is 9.24. The molecule has 0 fully saturated rings. The summed E-state index contributed by atoms with van der Waals surface area (Å²) in [7, 11) is 0. The first kappa shape index (κ1) is 36.6. The molecule has 7 nitrogen and oxygen atoms in total. The lowest BCUT2D eigenvalue weighted by Crippen LogP contribution is -2.51. The summed E-state index contributed by atoms with van der Waals surface area (Å²) in [6, 6.07) is 9.85. The zero-order valence-corrected chi connectivity index (χ0v) is 24.8. The minimum Gasteiger partial charge on any atom is -0.492 e. The van der Waals surface area contributed by atoms with Crippen LogP contribution in [0, 0.1) is 20.8 Å². The number of carboxylic acid groups (broad SMARTS) is 1. The molecule has 2 rings (SSSR count). The van der Waals surface area contributed by atoms with Crippen LogP contribution in [-0.2, 0) is 16.0 Å². The van der Waals surface area contributed by atoms with E-state index in [9.17, 15) is 45.4 Å². The number of aliphatic carboxylic acids is 1. The Morgan fingerprint density at radius 1 is 0.886 bits per heavy atom. The molecule has 1 amide bonds. The van der Waals surface area contributed by atoms with E-state index in [1.807, 2.05) is 6.92 Å². The molecule has 0 aromatic heterocycles. The van der Waals surface area contributed by atoms with E-state index in [1.54, 1.807) is 57.2 Å². The fourth-order valence-electron chi connectivity index (χ4n) is 4.14. The van der Waals surface area contributed by atoms with Gasteiger partial charge in [0.25, 0.3) is 0 Å². The lowest BCUT2D eigenvalue weighted by Gasteiger charge is -2.28. The SMILES string of the molecule is CCOC(Cc1ccc(OCCN(CCCCC(F)(F)C(F)(F)C(F)(F)F)C(=O)Oc2cc(C)c(C)cc2C)cc1)C(=O)O. The first-order valence-electron chi connectivity index (χ1n) is 13.8. The second-order valence-electron chi connectivity index (χ2n) is 10.3. The van der Waals surface area contributed by atoms with Crippen LogP contribution in [0.5, 0.6) is 11.5 Å². The molecule has 246 valence electrons. The Labute approximate surface area is 250 Å². The summed E-state index contributed by atoms with van der Waals surface area (Å²) in [5.41, 5.74) is 3.09. The Balaban J connectivity index is 2.07. The Morgan fingerprint density at radius 3 is 2.07 bits per heavy atom. The maximum Gasteiger partial charge on any atom is 0.459 e. The van der Waals surface area contributed by atoms with Crippen molar-refractivity contribution in [1.29, 1.82) is 0 Å². The van der Waals surface area contributed by atoms with Gasteiger partial charge < -0.3 is 24.2 Å². The van der Waals surface area contributed by atoms with E-state index in [4.69, 9.17) is 14.2 Å². The number of carboxylic acids is 1. The molecule has 2 aromatic rings. The van der Waals surface area contributed by atoms with Crippen molar-refractivity contribution >= 4 is 12.1 Å². The van der Waals surface area contributed by atoms with E-state index in [0.717, 1.165) is 16.0 Å². The van der Waals surface area contributed by atoms with Crippen molar-refractivity contribution in [1.82, 2.24) is 4.90 Å². The highest BCUT2D eigenvalue weighted by Gasteiger charge is 2.72. The summed E-state index contributed by atoms with van der Waals surface area (Å²) < 4.78 is 108. The molecule has 0 radical (unpaired) electrons. The zero-order chi connectivity index (χ0) is 33.3. The van der Waals surface area contributed by atoms with Crippen LogP contribution in [0.2, 0.25) is 0 Å². The normalized spacial score (nSPS) is 13.0. The van der Waals surface area contributed by atoms with Crippen LogP contribution in [0.4, 0.5) is 35.5 Å². The van der Waals surface area contributed by atoms with Gasteiger partial charge in [-0.15, -0.1) is 0 Å². The zero-order valence-electron chi connectivity index (χ0n) is 24.8. The highest BCUT2D eigenvalue weighted by Crippen LogP contribution is 2.48. The standard InChI is InChI=1S/C30H36F7NO6/c1-5-42-25(26(39)40)18-22-8-10-23(11-9-22)43-15-14-38(27(41)44-24-17-20(3)19(2)16-21(24)4)13-7-6-12-28(31,32)29(33,34)30(35,36)37/h8-11,16-17,25H,5-7,12-15,18H2,1-4H3,(H,39,40). The number of aryl methyl sites for hydroxylation is 3. The van der Waals surface area contributed by atoms with Gasteiger partial charge in [0, 0.05) is 26.0 Å². The van der Waals surface area contributed by atoms with Crippen molar-refractivity contribution < 1.29 is 59.6 Å². The van der Waals surface area contributed by atoms with Crippen LogP contribution >= 0.6 is 0 Å². The average molecular weight is 640 g/mol.